The van der Waals surface area contributed by atoms with Crippen molar-refractivity contribution in [2.45, 2.75) is 6.92 Å². The number of nitrogens with two attached hydrogens (primary N) is 1. The number of amides is 1. The number of hydrogen-bond donors (Lipinski definition) is 2. The van der Waals surface area contributed by atoms with Gasteiger partial charge in [0.15, 0.2) is 5.96 Å². The maximum atomic E-state index is 11.2. The number of guanidine groups is 1. The van der Waals surface area contributed by atoms with Crippen LogP contribution in [0.4, 0.5) is 5.82 Å². The lowest BCUT2D eigenvalue weighted by atomic mass is 10.3. The second-order valence-corrected chi connectivity index (χ2v) is 4.95. The number of rotatable bonds is 4. The Morgan fingerprint density at radius 3 is 2.68 bits per heavy atom. The molecule has 1 aliphatic rings. The number of anilines is 1. The summed E-state index contributed by atoms with van der Waals surface area (Å²) in [6.07, 6.45) is 1.70. The van der Waals surface area contributed by atoms with E-state index in [0.717, 1.165) is 32.7 Å². The SMILES string of the molecule is CC(=O)N1CCN(CCN=C(N)Nc2ccccn2)CC1.I. The van der Waals surface area contributed by atoms with Gasteiger partial charge in [-0.15, -0.1) is 24.0 Å². The van der Waals surface area contributed by atoms with Crippen LogP contribution in [0.2, 0.25) is 0 Å². The minimum atomic E-state index is 0. The van der Waals surface area contributed by atoms with E-state index in [2.05, 4.69) is 20.2 Å². The van der Waals surface area contributed by atoms with Gasteiger partial charge in [0.2, 0.25) is 5.91 Å². The van der Waals surface area contributed by atoms with E-state index in [0.29, 0.717) is 18.3 Å². The van der Waals surface area contributed by atoms with E-state index in [1.807, 2.05) is 23.1 Å². The molecule has 0 aliphatic carbocycles. The molecular weight excluding hydrogens is 395 g/mol. The van der Waals surface area contributed by atoms with E-state index in [1.165, 1.54) is 0 Å². The van der Waals surface area contributed by atoms with Crippen LogP contribution in [0, 0.1) is 0 Å². The van der Waals surface area contributed by atoms with Crippen molar-refractivity contribution in [1.82, 2.24) is 14.8 Å². The number of halogens is 1. The second kappa shape index (κ2) is 9.57. The summed E-state index contributed by atoms with van der Waals surface area (Å²) in [5, 5.41) is 2.95. The van der Waals surface area contributed by atoms with E-state index in [-0.39, 0.29) is 29.9 Å². The molecule has 122 valence electrons. The van der Waals surface area contributed by atoms with Gasteiger partial charge in [0.05, 0.1) is 6.54 Å². The highest BCUT2D eigenvalue weighted by Gasteiger charge is 2.17. The Balaban J connectivity index is 0.00000242. The molecule has 8 heteroatoms. The summed E-state index contributed by atoms with van der Waals surface area (Å²) in [6, 6.07) is 5.57. The molecule has 3 N–H and O–H groups in total. The van der Waals surface area contributed by atoms with Crippen LogP contribution < -0.4 is 11.1 Å². The predicted octanol–water partition coefficient (Wildman–Crippen LogP) is 0.590. The van der Waals surface area contributed by atoms with Crippen molar-refractivity contribution in [2.24, 2.45) is 10.7 Å². The Kier molecular flexibility index (Phi) is 8.10. The molecule has 22 heavy (non-hydrogen) atoms. The van der Waals surface area contributed by atoms with Gasteiger partial charge in [-0.1, -0.05) is 6.07 Å². The number of aliphatic imine (C=N–C) groups is 1. The van der Waals surface area contributed by atoms with Gasteiger partial charge in [-0.25, -0.2) is 4.98 Å². The first kappa shape index (κ1) is 18.6. The zero-order valence-electron chi connectivity index (χ0n) is 12.7. The molecular formula is C14H23IN6O. The number of aromatic nitrogens is 1. The van der Waals surface area contributed by atoms with Crippen LogP contribution in [-0.2, 0) is 4.79 Å². The molecule has 0 unspecified atom stereocenters. The van der Waals surface area contributed by atoms with Gasteiger partial charge in [0.1, 0.15) is 5.82 Å². The van der Waals surface area contributed by atoms with Crippen LogP contribution >= 0.6 is 24.0 Å². The van der Waals surface area contributed by atoms with Crippen LogP contribution in [0.1, 0.15) is 6.92 Å². The van der Waals surface area contributed by atoms with E-state index < -0.39 is 0 Å². The number of nitrogens with one attached hydrogen (secondary N) is 1. The lowest BCUT2D eigenvalue weighted by Crippen LogP contribution is -2.48. The Morgan fingerprint density at radius 2 is 2.09 bits per heavy atom. The van der Waals surface area contributed by atoms with Crippen molar-refractivity contribution < 1.29 is 4.79 Å². The first-order chi connectivity index (χ1) is 10.1. The quantitative estimate of drug-likeness (QED) is 0.425. The van der Waals surface area contributed by atoms with E-state index in [1.54, 1.807) is 13.1 Å². The molecule has 0 spiro atoms. The number of piperazine rings is 1. The first-order valence-corrected chi connectivity index (χ1v) is 7.11. The smallest absolute Gasteiger partial charge is 0.219 e. The largest absolute Gasteiger partial charge is 0.370 e. The highest BCUT2D eigenvalue weighted by atomic mass is 127. The molecule has 0 aromatic carbocycles. The van der Waals surface area contributed by atoms with E-state index in [9.17, 15) is 4.79 Å². The minimum Gasteiger partial charge on any atom is -0.370 e. The van der Waals surface area contributed by atoms with E-state index in [4.69, 9.17) is 5.73 Å². The standard InChI is InChI=1S/C14H22N6O.HI/c1-12(21)20-10-8-19(9-11-20)7-6-17-14(15)18-13-4-2-3-5-16-13;/h2-5H,6-11H2,1H3,(H3,15,16,17,18);1H. The Hall–Kier alpha value is -1.42. The number of carbonyl (C=O) groups excluding carboxylic acids is 1. The number of hydrogen-bond acceptors (Lipinski definition) is 4. The summed E-state index contributed by atoms with van der Waals surface area (Å²) < 4.78 is 0. The predicted molar refractivity (Wildman–Crippen MR) is 98.5 cm³/mol. The molecule has 0 saturated carbocycles. The maximum absolute atomic E-state index is 11.2. The Morgan fingerprint density at radius 1 is 1.36 bits per heavy atom. The molecule has 2 heterocycles. The third-order valence-electron chi connectivity index (χ3n) is 3.44. The summed E-state index contributed by atoms with van der Waals surface area (Å²) in [4.78, 5) is 23.8. The lowest BCUT2D eigenvalue weighted by molar-refractivity contribution is -0.130. The fourth-order valence-electron chi connectivity index (χ4n) is 2.21. The Labute approximate surface area is 148 Å². The van der Waals surface area contributed by atoms with Gasteiger partial charge in [-0.05, 0) is 12.1 Å². The normalized spacial score (nSPS) is 16.0. The Bertz CT molecular complexity index is 487. The molecule has 2 rings (SSSR count). The number of pyridine rings is 1. The molecule has 1 saturated heterocycles. The summed E-state index contributed by atoms with van der Waals surface area (Å²) in [5.41, 5.74) is 5.81. The molecule has 0 radical (unpaired) electrons. The van der Waals surface area contributed by atoms with Crippen molar-refractivity contribution in [2.75, 3.05) is 44.6 Å². The average Bonchev–Trinajstić information content (AvgIpc) is 2.49. The fraction of sp³-hybridized carbons (Fsp3) is 0.500. The first-order valence-electron chi connectivity index (χ1n) is 7.11. The molecule has 1 aromatic heterocycles. The van der Waals surface area contributed by atoms with Gasteiger partial charge in [0, 0.05) is 45.8 Å². The molecule has 0 bridgehead atoms. The van der Waals surface area contributed by atoms with Crippen molar-refractivity contribution in [1.29, 1.82) is 0 Å². The summed E-state index contributed by atoms with van der Waals surface area (Å²) in [6.45, 7) is 6.46. The molecule has 1 aliphatic heterocycles. The highest BCUT2D eigenvalue weighted by molar-refractivity contribution is 14.0. The van der Waals surface area contributed by atoms with Gasteiger partial charge in [0.25, 0.3) is 0 Å². The summed E-state index contributed by atoms with van der Waals surface area (Å²) >= 11 is 0. The minimum absolute atomic E-state index is 0. The van der Waals surface area contributed by atoms with Gasteiger partial charge >= 0.3 is 0 Å². The van der Waals surface area contributed by atoms with Crippen LogP contribution in [0.3, 0.4) is 0 Å². The van der Waals surface area contributed by atoms with Crippen LogP contribution in [-0.4, -0.2) is 65.9 Å². The average molecular weight is 418 g/mol. The van der Waals surface area contributed by atoms with Crippen molar-refractivity contribution in [3.8, 4) is 0 Å². The maximum Gasteiger partial charge on any atom is 0.219 e. The highest BCUT2D eigenvalue weighted by Crippen LogP contribution is 2.02. The third kappa shape index (κ3) is 6.14. The van der Waals surface area contributed by atoms with Crippen LogP contribution in [0.25, 0.3) is 0 Å². The fourth-order valence-corrected chi connectivity index (χ4v) is 2.21. The zero-order valence-corrected chi connectivity index (χ0v) is 15.1. The summed E-state index contributed by atoms with van der Waals surface area (Å²) in [5.74, 6) is 1.21. The second-order valence-electron chi connectivity index (χ2n) is 4.95. The topological polar surface area (TPSA) is 86.9 Å². The monoisotopic (exact) mass is 418 g/mol. The summed E-state index contributed by atoms with van der Waals surface area (Å²) in [7, 11) is 0. The van der Waals surface area contributed by atoms with Gasteiger partial charge < -0.3 is 16.0 Å². The number of nitrogens with zero attached hydrogens (tertiary/aromatic N) is 4. The third-order valence-corrected chi connectivity index (χ3v) is 3.44. The van der Waals surface area contributed by atoms with Crippen molar-refractivity contribution >= 4 is 41.7 Å². The molecule has 0 atom stereocenters. The van der Waals surface area contributed by atoms with E-state index >= 15 is 0 Å². The zero-order chi connectivity index (χ0) is 15.1. The molecule has 1 aromatic rings. The van der Waals surface area contributed by atoms with Crippen molar-refractivity contribution in [3.63, 3.8) is 0 Å². The molecule has 7 nitrogen and oxygen atoms in total. The van der Waals surface area contributed by atoms with Gasteiger partial charge in [-0.2, -0.15) is 0 Å². The molecule has 1 fully saturated rings. The van der Waals surface area contributed by atoms with Crippen LogP contribution in [0.5, 0.6) is 0 Å². The molecule has 1 amide bonds. The van der Waals surface area contributed by atoms with Crippen molar-refractivity contribution in [3.05, 3.63) is 24.4 Å². The lowest BCUT2D eigenvalue weighted by Gasteiger charge is -2.33. The number of carbonyl (C=O) groups is 1. The van der Waals surface area contributed by atoms with Crippen LogP contribution in [0.15, 0.2) is 29.4 Å². The van der Waals surface area contributed by atoms with Gasteiger partial charge in [-0.3, -0.25) is 14.7 Å².